The lowest BCUT2D eigenvalue weighted by atomic mass is 10.2. The second kappa shape index (κ2) is 6.28. The summed E-state index contributed by atoms with van der Waals surface area (Å²) in [5.41, 5.74) is 1.67. The standard InChI is InChI=1S/C12H14ClNO2/c1-3-16-11(15)6-4-5-10-8-7-9(2)14-12(10)13/h4-5,7-8H,3,6H2,1-2H3. The molecule has 1 aromatic heterocycles. The Labute approximate surface area is 100 Å². The van der Waals surface area contributed by atoms with E-state index in [1.54, 1.807) is 19.1 Å². The fourth-order valence-corrected chi connectivity index (χ4v) is 1.42. The number of carbonyl (C=O) groups is 1. The van der Waals surface area contributed by atoms with E-state index in [0.717, 1.165) is 11.3 Å². The van der Waals surface area contributed by atoms with E-state index in [-0.39, 0.29) is 12.4 Å². The number of aromatic nitrogens is 1. The molecule has 0 bridgehead atoms. The van der Waals surface area contributed by atoms with E-state index in [1.807, 2.05) is 19.1 Å². The van der Waals surface area contributed by atoms with Gasteiger partial charge in [-0.15, -0.1) is 0 Å². The molecule has 0 N–H and O–H groups in total. The maximum Gasteiger partial charge on any atom is 0.309 e. The van der Waals surface area contributed by atoms with Crippen LogP contribution < -0.4 is 0 Å². The first-order chi connectivity index (χ1) is 7.63. The molecule has 0 radical (unpaired) electrons. The molecular weight excluding hydrogens is 226 g/mol. The molecule has 0 aliphatic rings. The molecule has 0 aromatic carbocycles. The lowest BCUT2D eigenvalue weighted by Crippen LogP contribution is -2.01. The minimum absolute atomic E-state index is 0.241. The van der Waals surface area contributed by atoms with E-state index in [4.69, 9.17) is 16.3 Å². The highest BCUT2D eigenvalue weighted by molar-refractivity contribution is 6.30. The van der Waals surface area contributed by atoms with E-state index in [2.05, 4.69) is 4.98 Å². The van der Waals surface area contributed by atoms with Crippen LogP contribution >= 0.6 is 11.6 Å². The van der Waals surface area contributed by atoms with Crippen LogP contribution in [-0.2, 0) is 9.53 Å². The Balaban J connectivity index is 2.59. The molecule has 4 heteroatoms. The van der Waals surface area contributed by atoms with Crippen molar-refractivity contribution >= 4 is 23.6 Å². The molecule has 0 saturated heterocycles. The Bertz CT molecular complexity index is 402. The maximum absolute atomic E-state index is 11.1. The van der Waals surface area contributed by atoms with Gasteiger partial charge in [-0.05, 0) is 19.9 Å². The van der Waals surface area contributed by atoms with Gasteiger partial charge in [0.05, 0.1) is 13.0 Å². The summed E-state index contributed by atoms with van der Waals surface area (Å²) >= 11 is 5.93. The molecule has 86 valence electrons. The zero-order valence-electron chi connectivity index (χ0n) is 9.37. The van der Waals surface area contributed by atoms with Gasteiger partial charge in [-0.2, -0.15) is 0 Å². The van der Waals surface area contributed by atoms with Gasteiger partial charge in [0, 0.05) is 11.3 Å². The van der Waals surface area contributed by atoms with Gasteiger partial charge in [-0.25, -0.2) is 4.98 Å². The summed E-state index contributed by atoms with van der Waals surface area (Å²) in [4.78, 5) is 15.2. The molecule has 0 saturated carbocycles. The monoisotopic (exact) mass is 239 g/mol. The average Bonchev–Trinajstić information content (AvgIpc) is 2.22. The second-order valence-electron chi connectivity index (χ2n) is 3.24. The predicted molar refractivity (Wildman–Crippen MR) is 64.3 cm³/mol. The van der Waals surface area contributed by atoms with Gasteiger partial charge in [0.1, 0.15) is 5.15 Å². The van der Waals surface area contributed by atoms with Crippen molar-refractivity contribution in [2.24, 2.45) is 0 Å². The number of aryl methyl sites for hydroxylation is 1. The zero-order valence-corrected chi connectivity index (χ0v) is 10.1. The molecule has 0 aliphatic carbocycles. The highest BCUT2D eigenvalue weighted by Gasteiger charge is 1.99. The molecule has 0 amide bonds. The van der Waals surface area contributed by atoms with Crippen molar-refractivity contribution in [1.82, 2.24) is 4.98 Å². The fourth-order valence-electron chi connectivity index (χ4n) is 1.16. The lowest BCUT2D eigenvalue weighted by Gasteiger charge is -1.99. The summed E-state index contributed by atoms with van der Waals surface area (Å²) in [7, 11) is 0. The molecule has 1 aromatic rings. The topological polar surface area (TPSA) is 39.2 Å². The minimum Gasteiger partial charge on any atom is -0.466 e. The van der Waals surface area contributed by atoms with Crippen LogP contribution in [0.25, 0.3) is 6.08 Å². The molecule has 0 aliphatic heterocycles. The first-order valence-electron chi connectivity index (χ1n) is 5.08. The van der Waals surface area contributed by atoms with E-state index in [0.29, 0.717) is 11.8 Å². The smallest absolute Gasteiger partial charge is 0.309 e. The molecule has 16 heavy (non-hydrogen) atoms. The summed E-state index contributed by atoms with van der Waals surface area (Å²) in [5, 5.41) is 0.445. The first kappa shape index (κ1) is 12.7. The molecular formula is C12H14ClNO2. The summed E-state index contributed by atoms with van der Waals surface area (Å²) in [6.07, 6.45) is 3.74. The van der Waals surface area contributed by atoms with E-state index < -0.39 is 0 Å². The second-order valence-corrected chi connectivity index (χ2v) is 3.60. The molecule has 1 heterocycles. The third-order valence-corrected chi connectivity index (χ3v) is 2.21. The minimum atomic E-state index is -0.241. The van der Waals surface area contributed by atoms with Crippen molar-refractivity contribution in [3.05, 3.63) is 34.6 Å². The van der Waals surface area contributed by atoms with E-state index in [9.17, 15) is 4.79 Å². The SMILES string of the molecule is CCOC(=O)CC=Cc1ccc(C)nc1Cl. The fraction of sp³-hybridized carbons (Fsp3) is 0.333. The number of nitrogens with zero attached hydrogens (tertiary/aromatic N) is 1. The normalized spacial score (nSPS) is 10.7. The van der Waals surface area contributed by atoms with Crippen LogP contribution in [0.15, 0.2) is 18.2 Å². The van der Waals surface area contributed by atoms with Gasteiger partial charge in [-0.1, -0.05) is 29.8 Å². The van der Waals surface area contributed by atoms with Crippen LogP contribution in [0, 0.1) is 6.92 Å². The van der Waals surface area contributed by atoms with Crippen molar-refractivity contribution in [2.45, 2.75) is 20.3 Å². The van der Waals surface area contributed by atoms with Crippen molar-refractivity contribution in [3.8, 4) is 0 Å². The number of esters is 1. The number of pyridine rings is 1. The lowest BCUT2D eigenvalue weighted by molar-refractivity contribution is -0.142. The first-order valence-corrected chi connectivity index (χ1v) is 5.46. The van der Waals surface area contributed by atoms with E-state index >= 15 is 0 Å². The maximum atomic E-state index is 11.1. The number of ether oxygens (including phenoxy) is 1. The number of carbonyl (C=O) groups excluding carboxylic acids is 1. The van der Waals surface area contributed by atoms with Gasteiger partial charge in [0.25, 0.3) is 0 Å². The van der Waals surface area contributed by atoms with Gasteiger partial charge >= 0.3 is 5.97 Å². The third-order valence-electron chi connectivity index (χ3n) is 1.90. The highest BCUT2D eigenvalue weighted by atomic mass is 35.5. The summed E-state index contributed by atoms with van der Waals surface area (Å²) < 4.78 is 4.79. The number of halogens is 1. The van der Waals surface area contributed by atoms with Gasteiger partial charge in [0.2, 0.25) is 0 Å². The van der Waals surface area contributed by atoms with Gasteiger partial charge < -0.3 is 4.74 Å². The van der Waals surface area contributed by atoms with Crippen molar-refractivity contribution < 1.29 is 9.53 Å². The summed E-state index contributed by atoms with van der Waals surface area (Å²) in [6.45, 7) is 4.06. The van der Waals surface area contributed by atoms with Crippen LogP contribution in [0.5, 0.6) is 0 Å². The van der Waals surface area contributed by atoms with Crippen LogP contribution in [0.1, 0.15) is 24.6 Å². The Morgan fingerprint density at radius 3 is 2.94 bits per heavy atom. The molecule has 3 nitrogen and oxygen atoms in total. The highest BCUT2D eigenvalue weighted by Crippen LogP contribution is 2.15. The molecule has 0 fully saturated rings. The van der Waals surface area contributed by atoms with E-state index in [1.165, 1.54) is 0 Å². The van der Waals surface area contributed by atoms with Crippen LogP contribution in [-0.4, -0.2) is 17.6 Å². The molecule has 0 unspecified atom stereocenters. The Morgan fingerprint density at radius 1 is 1.56 bits per heavy atom. The van der Waals surface area contributed by atoms with Crippen LogP contribution in [0.2, 0.25) is 5.15 Å². The largest absolute Gasteiger partial charge is 0.466 e. The summed E-state index contributed by atoms with van der Waals surface area (Å²) in [5.74, 6) is -0.241. The molecule has 1 rings (SSSR count). The van der Waals surface area contributed by atoms with Crippen molar-refractivity contribution in [2.75, 3.05) is 6.61 Å². The quantitative estimate of drug-likeness (QED) is 0.599. The van der Waals surface area contributed by atoms with Gasteiger partial charge in [0.15, 0.2) is 0 Å². The van der Waals surface area contributed by atoms with Crippen molar-refractivity contribution in [3.63, 3.8) is 0 Å². The number of rotatable bonds is 4. The van der Waals surface area contributed by atoms with Crippen LogP contribution in [0.4, 0.5) is 0 Å². The molecule has 0 atom stereocenters. The predicted octanol–water partition coefficient (Wildman–Crippen LogP) is 3.01. The van der Waals surface area contributed by atoms with Crippen LogP contribution in [0.3, 0.4) is 0 Å². The van der Waals surface area contributed by atoms with Crippen molar-refractivity contribution in [1.29, 1.82) is 0 Å². The average molecular weight is 240 g/mol. The number of hydrogen-bond acceptors (Lipinski definition) is 3. The third kappa shape index (κ3) is 4.03. The number of hydrogen-bond donors (Lipinski definition) is 0. The summed E-state index contributed by atoms with van der Waals surface area (Å²) in [6, 6.07) is 3.74. The van der Waals surface area contributed by atoms with Gasteiger partial charge in [-0.3, -0.25) is 4.79 Å². The zero-order chi connectivity index (χ0) is 12.0. The Kier molecular flexibility index (Phi) is 4.99. The molecule has 0 spiro atoms. The Hall–Kier alpha value is -1.35. The Morgan fingerprint density at radius 2 is 2.31 bits per heavy atom.